The average Bonchev–Trinajstić information content (AvgIpc) is 2.71. The molecule has 6 nitrogen and oxygen atoms in total. The number of hydrogen-bond donors (Lipinski definition) is 1. The summed E-state index contributed by atoms with van der Waals surface area (Å²) in [6.45, 7) is 10.6. The standard InChI is InChI=1S/C15H28N4O2/c1-11(2)17-15(5,14(20)21-6)9-7-8-10-19-13(4)16-12(3)18-19/h11,17H,7-10H2,1-6H3. The van der Waals surface area contributed by atoms with Crippen molar-refractivity contribution in [2.75, 3.05) is 7.11 Å². The van der Waals surface area contributed by atoms with E-state index in [1.807, 2.05) is 39.3 Å². The van der Waals surface area contributed by atoms with E-state index in [-0.39, 0.29) is 12.0 Å². The highest BCUT2D eigenvalue weighted by Crippen LogP contribution is 2.17. The fourth-order valence-corrected chi connectivity index (χ4v) is 2.61. The molecular formula is C15H28N4O2. The lowest BCUT2D eigenvalue weighted by atomic mass is 9.94. The Morgan fingerprint density at radius 3 is 2.52 bits per heavy atom. The Morgan fingerprint density at radius 1 is 1.38 bits per heavy atom. The van der Waals surface area contributed by atoms with E-state index in [9.17, 15) is 4.79 Å². The molecule has 0 spiro atoms. The monoisotopic (exact) mass is 296 g/mol. The maximum atomic E-state index is 12.0. The van der Waals surface area contributed by atoms with Crippen molar-refractivity contribution in [1.29, 1.82) is 0 Å². The molecule has 1 aromatic rings. The van der Waals surface area contributed by atoms with Crippen LogP contribution in [0.2, 0.25) is 0 Å². The third kappa shape index (κ3) is 5.12. The zero-order valence-electron chi connectivity index (χ0n) is 14.1. The Kier molecular flexibility index (Phi) is 6.33. The largest absolute Gasteiger partial charge is 0.468 e. The molecule has 0 amide bonds. The smallest absolute Gasteiger partial charge is 0.325 e. The minimum Gasteiger partial charge on any atom is -0.468 e. The van der Waals surface area contributed by atoms with Crippen molar-refractivity contribution in [2.45, 2.75) is 72.0 Å². The first kappa shape index (κ1) is 17.6. The molecule has 1 rings (SSSR count). The molecule has 1 aromatic heterocycles. The summed E-state index contributed by atoms with van der Waals surface area (Å²) in [6.07, 6.45) is 2.62. The van der Waals surface area contributed by atoms with E-state index in [2.05, 4.69) is 15.4 Å². The molecule has 0 fully saturated rings. The number of rotatable bonds is 8. The predicted molar refractivity (Wildman–Crippen MR) is 82.0 cm³/mol. The lowest BCUT2D eigenvalue weighted by Crippen LogP contribution is -2.52. The summed E-state index contributed by atoms with van der Waals surface area (Å²) in [5.74, 6) is 1.53. The van der Waals surface area contributed by atoms with Gasteiger partial charge in [-0.2, -0.15) is 5.10 Å². The first-order valence-corrected chi connectivity index (χ1v) is 7.52. The number of carbonyl (C=O) groups excluding carboxylic acids is 1. The van der Waals surface area contributed by atoms with Gasteiger partial charge in [0, 0.05) is 12.6 Å². The number of unbranched alkanes of at least 4 members (excludes halogenated alkanes) is 1. The molecular weight excluding hydrogens is 268 g/mol. The first-order chi connectivity index (χ1) is 9.78. The Hall–Kier alpha value is -1.43. The van der Waals surface area contributed by atoms with Crippen molar-refractivity contribution < 1.29 is 9.53 Å². The van der Waals surface area contributed by atoms with Gasteiger partial charge in [0.25, 0.3) is 0 Å². The topological polar surface area (TPSA) is 69.0 Å². The summed E-state index contributed by atoms with van der Waals surface area (Å²) in [4.78, 5) is 16.3. The van der Waals surface area contributed by atoms with E-state index in [0.29, 0.717) is 0 Å². The van der Waals surface area contributed by atoms with Crippen LogP contribution in [0.25, 0.3) is 0 Å². The average molecular weight is 296 g/mol. The molecule has 0 aliphatic heterocycles. The summed E-state index contributed by atoms with van der Waals surface area (Å²) < 4.78 is 6.84. The van der Waals surface area contributed by atoms with Crippen LogP contribution in [0.3, 0.4) is 0 Å². The second kappa shape index (κ2) is 7.54. The number of nitrogens with zero attached hydrogens (tertiary/aromatic N) is 3. The SMILES string of the molecule is COC(=O)C(C)(CCCCn1nc(C)nc1C)NC(C)C. The number of aryl methyl sites for hydroxylation is 3. The molecule has 0 radical (unpaired) electrons. The van der Waals surface area contributed by atoms with Gasteiger partial charge in [-0.05, 0) is 53.9 Å². The van der Waals surface area contributed by atoms with E-state index >= 15 is 0 Å². The van der Waals surface area contributed by atoms with Crippen LogP contribution >= 0.6 is 0 Å². The van der Waals surface area contributed by atoms with Crippen LogP contribution < -0.4 is 5.32 Å². The maximum absolute atomic E-state index is 12.0. The van der Waals surface area contributed by atoms with Crippen molar-refractivity contribution in [2.24, 2.45) is 0 Å². The predicted octanol–water partition coefficient (Wildman–Crippen LogP) is 1.99. The third-order valence-electron chi connectivity index (χ3n) is 3.50. The zero-order valence-corrected chi connectivity index (χ0v) is 14.1. The Morgan fingerprint density at radius 2 is 2.05 bits per heavy atom. The Balaban J connectivity index is 2.50. The van der Waals surface area contributed by atoms with Crippen LogP contribution in [0.5, 0.6) is 0 Å². The molecule has 1 unspecified atom stereocenters. The number of methoxy groups -OCH3 is 1. The second-order valence-corrected chi connectivity index (χ2v) is 6.01. The number of ether oxygens (including phenoxy) is 1. The van der Waals surface area contributed by atoms with E-state index in [1.165, 1.54) is 7.11 Å². The summed E-state index contributed by atoms with van der Waals surface area (Å²) in [6, 6.07) is 0.231. The van der Waals surface area contributed by atoms with Crippen LogP contribution in [0.4, 0.5) is 0 Å². The number of esters is 1. The normalized spacial score (nSPS) is 14.2. The van der Waals surface area contributed by atoms with E-state index in [0.717, 1.165) is 37.5 Å². The van der Waals surface area contributed by atoms with Gasteiger partial charge < -0.3 is 4.74 Å². The van der Waals surface area contributed by atoms with Gasteiger partial charge in [0.1, 0.15) is 17.2 Å². The van der Waals surface area contributed by atoms with Gasteiger partial charge in [0.2, 0.25) is 0 Å². The van der Waals surface area contributed by atoms with Gasteiger partial charge >= 0.3 is 5.97 Å². The lowest BCUT2D eigenvalue weighted by molar-refractivity contribution is -0.148. The zero-order chi connectivity index (χ0) is 16.0. The van der Waals surface area contributed by atoms with Gasteiger partial charge in [-0.3, -0.25) is 14.8 Å². The van der Waals surface area contributed by atoms with Gasteiger partial charge in [-0.1, -0.05) is 0 Å². The number of nitrogens with one attached hydrogen (secondary N) is 1. The lowest BCUT2D eigenvalue weighted by Gasteiger charge is -2.30. The van der Waals surface area contributed by atoms with Crippen LogP contribution in [-0.4, -0.2) is 39.4 Å². The summed E-state index contributed by atoms with van der Waals surface area (Å²) in [5, 5.41) is 7.65. The number of carbonyl (C=O) groups is 1. The van der Waals surface area contributed by atoms with Crippen LogP contribution in [0.1, 0.15) is 51.7 Å². The van der Waals surface area contributed by atoms with Crippen LogP contribution in [0.15, 0.2) is 0 Å². The highest BCUT2D eigenvalue weighted by molar-refractivity contribution is 5.80. The highest BCUT2D eigenvalue weighted by Gasteiger charge is 2.33. The summed E-state index contributed by atoms with van der Waals surface area (Å²) in [5.41, 5.74) is -0.629. The number of hydrogen-bond acceptors (Lipinski definition) is 5. The second-order valence-electron chi connectivity index (χ2n) is 6.01. The molecule has 1 N–H and O–H groups in total. The molecule has 0 aromatic carbocycles. The van der Waals surface area contributed by atoms with Gasteiger partial charge in [-0.15, -0.1) is 0 Å². The summed E-state index contributed by atoms with van der Waals surface area (Å²) in [7, 11) is 1.43. The Labute approximate surface area is 127 Å². The highest BCUT2D eigenvalue weighted by atomic mass is 16.5. The van der Waals surface area contributed by atoms with Crippen LogP contribution in [0, 0.1) is 13.8 Å². The first-order valence-electron chi connectivity index (χ1n) is 7.52. The third-order valence-corrected chi connectivity index (χ3v) is 3.50. The van der Waals surface area contributed by atoms with E-state index < -0.39 is 5.54 Å². The maximum Gasteiger partial charge on any atom is 0.325 e. The molecule has 21 heavy (non-hydrogen) atoms. The summed E-state index contributed by atoms with van der Waals surface area (Å²) >= 11 is 0. The molecule has 6 heteroatoms. The molecule has 0 bridgehead atoms. The minimum absolute atomic E-state index is 0.205. The van der Waals surface area contributed by atoms with Crippen molar-refractivity contribution in [1.82, 2.24) is 20.1 Å². The van der Waals surface area contributed by atoms with Gasteiger partial charge in [0.15, 0.2) is 0 Å². The molecule has 0 saturated heterocycles. The van der Waals surface area contributed by atoms with E-state index in [1.54, 1.807) is 0 Å². The van der Waals surface area contributed by atoms with E-state index in [4.69, 9.17) is 4.74 Å². The molecule has 120 valence electrons. The van der Waals surface area contributed by atoms with Crippen molar-refractivity contribution >= 4 is 5.97 Å². The molecule has 1 atom stereocenters. The fraction of sp³-hybridized carbons (Fsp3) is 0.800. The fourth-order valence-electron chi connectivity index (χ4n) is 2.61. The Bertz CT molecular complexity index is 470. The quantitative estimate of drug-likeness (QED) is 0.587. The molecule has 0 aliphatic rings. The van der Waals surface area contributed by atoms with Gasteiger partial charge in [-0.25, -0.2) is 4.98 Å². The van der Waals surface area contributed by atoms with Crippen molar-refractivity contribution in [3.8, 4) is 0 Å². The van der Waals surface area contributed by atoms with Gasteiger partial charge in [0.05, 0.1) is 7.11 Å². The van der Waals surface area contributed by atoms with Crippen molar-refractivity contribution in [3.63, 3.8) is 0 Å². The molecule has 0 aliphatic carbocycles. The van der Waals surface area contributed by atoms with Crippen molar-refractivity contribution in [3.05, 3.63) is 11.6 Å². The molecule has 0 saturated carbocycles. The van der Waals surface area contributed by atoms with Crippen LogP contribution in [-0.2, 0) is 16.1 Å². The minimum atomic E-state index is -0.629. The molecule has 1 heterocycles. The number of aromatic nitrogens is 3.